The third-order valence-electron chi connectivity index (χ3n) is 3.63. The maximum atomic E-state index is 12.6. The number of carbonyl (C=O) groups excluding carboxylic acids is 1. The van der Waals surface area contributed by atoms with Crippen molar-refractivity contribution in [3.05, 3.63) is 65.2 Å². The normalized spacial score (nSPS) is 12.0. The van der Waals surface area contributed by atoms with Crippen molar-refractivity contribution in [2.75, 3.05) is 11.7 Å². The Bertz CT molecular complexity index is 800. The van der Waals surface area contributed by atoms with Gasteiger partial charge in [0.1, 0.15) is 11.6 Å². The van der Waals surface area contributed by atoms with E-state index in [0.717, 1.165) is 5.06 Å². The van der Waals surface area contributed by atoms with Gasteiger partial charge in [-0.15, -0.1) is 0 Å². The molecule has 23 heavy (non-hydrogen) atoms. The topological polar surface area (TPSA) is 73.2 Å². The van der Waals surface area contributed by atoms with Crippen LogP contribution in [0.5, 0.6) is 0 Å². The van der Waals surface area contributed by atoms with Crippen LogP contribution in [0.15, 0.2) is 54.1 Å². The highest BCUT2D eigenvalue weighted by atomic mass is 16.5. The number of fused-ring (bicyclic) bond motifs is 2. The lowest BCUT2D eigenvalue weighted by Crippen LogP contribution is -2.19. The zero-order valence-corrected chi connectivity index (χ0v) is 12.4. The van der Waals surface area contributed by atoms with Crippen molar-refractivity contribution in [1.82, 2.24) is 0 Å². The van der Waals surface area contributed by atoms with Gasteiger partial charge < -0.3 is 4.74 Å². The van der Waals surface area contributed by atoms with Crippen LogP contribution in [0.3, 0.4) is 0 Å². The molecule has 0 atom stereocenters. The molecule has 5 heteroatoms. The Kier molecular flexibility index (Phi) is 3.83. The van der Waals surface area contributed by atoms with Crippen molar-refractivity contribution in [3.63, 3.8) is 0 Å². The SMILES string of the molecule is CCOC(=O)C(C#N)=C1c2ccccc2N([O])c2ccccc21. The number of anilines is 2. The average Bonchev–Trinajstić information content (AvgIpc) is 2.59. The lowest BCUT2D eigenvalue weighted by molar-refractivity contribution is -0.137. The fourth-order valence-electron chi connectivity index (χ4n) is 2.68. The first-order valence-electron chi connectivity index (χ1n) is 7.16. The van der Waals surface area contributed by atoms with Crippen molar-refractivity contribution in [3.8, 4) is 6.07 Å². The van der Waals surface area contributed by atoms with Crippen molar-refractivity contribution >= 4 is 22.9 Å². The van der Waals surface area contributed by atoms with E-state index in [-0.39, 0.29) is 12.2 Å². The Morgan fingerprint density at radius 3 is 2.09 bits per heavy atom. The molecule has 0 amide bonds. The molecule has 1 radical (unpaired) electrons. The zero-order valence-electron chi connectivity index (χ0n) is 12.4. The van der Waals surface area contributed by atoms with E-state index in [1.807, 2.05) is 6.07 Å². The Morgan fingerprint density at radius 2 is 1.61 bits per heavy atom. The Balaban J connectivity index is 2.35. The van der Waals surface area contributed by atoms with Gasteiger partial charge in [-0.25, -0.2) is 4.79 Å². The predicted octanol–water partition coefficient (Wildman–Crippen LogP) is 3.37. The number of para-hydroxylation sites is 2. The van der Waals surface area contributed by atoms with Gasteiger partial charge >= 0.3 is 5.97 Å². The second kappa shape index (κ2) is 5.95. The minimum Gasteiger partial charge on any atom is -0.462 e. The number of esters is 1. The molecular weight excluding hydrogens is 292 g/mol. The number of hydrogen-bond acceptors (Lipinski definition) is 4. The molecule has 0 aromatic heterocycles. The minimum atomic E-state index is -0.686. The number of rotatable bonds is 2. The number of hydrogen-bond donors (Lipinski definition) is 0. The lowest BCUT2D eigenvalue weighted by Gasteiger charge is -2.28. The predicted molar refractivity (Wildman–Crippen MR) is 84.0 cm³/mol. The fraction of sp³-hybridized carbons (Fsp3) is 0.111. The molecule has 113 valence electrons. The van der Waals surface area contributed by atoms with Gasteiger partial charge in [0.05, 0.1) is 18.0 Å². The van der Waals surface area contributed by atoms with E-state index in [2.05, 4.69) is 0 Å². The van der Waals surface area contributed by atoms with Crippen LogP contribution < -0.4 is 5.06 Å². The van der Waals surface area contributed by atoms with Gasteiger partial charge in [-0.05, 0) is 19.1 Å². The number of nitrogens with zero attached hydrogens (tertiary/aromatic N) is 2. The third-order valence-corrected chi connectivity index (χ3v) is 3.63. The highest BCUT2D eigenvalue weighted by Gasteiger charge is 2.30. The zero-order chi connectivity index (χ0) is 16.4. The standard InChI is InChI=1S/C18H13N2O3/c1-2-23-18(21)14(11-19)17-12-7-3-5-9-15(12)20(22)16-10-6-4-8-13(16)17/h3-10H,2H2,1H3. The molecule has 2 aromatic rings. The summed E-state index contributed by atoms with van der Waals surface area (Å²) in [6.45, 7) is 1.86. The molecule has 1 aliphatic rings. The van der Waals surface area contributed by atoms with Crippen molar-refractivity contribution in [2.45, 2.75) is 6.92 Å². The summed E-state index contributed by atoms with van der Waals surface area (Å²) in [6.07, 6.45) is 0. The van der Waals surface area contributed by atoms with E-state index in [4.69, 9.17) is 4.74 Å². The average molecular weight is 305 g/mol. The lowest BCUT2D eigenvalue weighted by atomic mass is 9.88. The van der Waals surface area contributed by atoms with Gasteiger partial charge in [0.15, 0.2) is 0 Å². The Labute approximate surface area is 133 Å². The van der Waals surface area contributed by atoms with Crippen LogP contribution in [0, 0.1) is 11.3 Å². The number of carbonyl (C=O) groups is 1. The molecule has 0 fully saturated rings. The molecule has 0 aliphatic carbocycles. The van der Waals surface area contributed by atoms with E-state index in [9.17, 15) is 15.3 Å². The summed E-state index contributed by atoms with van der Waals surface area (Å²) in [6, 6.07) is 15.7. The third kappa shape index (κ3) is 2.35. The van der Waals surface area contributed by atoms with Crippen LogP contribution in [0.2, 0.25) is 0 Å². The van der Waals surface area contributed by atoms with E-state index < -0.39 is 5.97 Å². The number of benzene rings is 2. The van der Waals surface area contributed by atoms with Crippen LogP contribution >= 0.6 is 0 Å². The first-order valence-corrected chi connectivity index (χ1v) is 7.16. The molecule has 0 N–H and O–H groups in total. The van der Waals surface area contributed by atoms with Gasteiger partial charge in [-0.2, -0.15) is 10.3 Å². The first kappa shape index (κ1) is 14.8. The van der Waals surface area contributed by atoms with Gasteiger partial charge in [0.25, 0.3) is 0 Å². The maximum Gasteiger partial charge on any atom is 0.349 e. The van der Waals surface area contributed by atoms with Gasteiger partial charge in [0.2, 0.25) is 0 Å². The van der Waals surface area contributed by atoms with Crippen LogP contribution in [0.4, 0.5) is 11.4 Å². The molecule has 1 aliphatic heterocycles. The van der Waals surface area contributed by atoms with E-state index in [1.165, 1.54) is 0 Å². The van der Waals surface area contributed by atoms with Gasteiger partial charge in [-0.3, -0.25) is 0 Å². The summed E-state index contributed by atoms with van der Waals surface area (Å²) >= 11 is 0. The maximum absolute atomic E-state index is 12.6. The Morgan fingerprint density at radius 1 is 1.09 bits per heavy atom. The molecule has 0 bridgehead atoms. The molecular formula is C18H13N2O3. The van der Waals surface area contributed by atoms with Crippen LogP contribution in [0.25, 0.3) is 5.57 Å². The molecule has 0 saturated carbocycles. The van der Waals surface area contributed by atoms with Crippen LogP contribution in [0.1, 0.15) is 18.1 Å². The van der Waals surface area contributed by atoms with Gasteiger partial charge in [-0.1, -0.05) is 41.6 Å². The second-order valence-electron chi connectivity index (χ2n) is 4.91. The first-order chi connectivity index (χ1) is 11.2. The summed E-state index contributed by atoms with van der Waals surface area (Å²) < 4.78 is 4.99. The van der Waals surface area contributed by atoms with Crippen molar-refractivity contribution < 1.29 is 14.7 Å². The van der Waals surface area contributed by atoms with E-state index in [0.29, 0.717) is 28.1 Å². The molecule has 0 spiro atoms. The smallest absolute Gasteiger partial charge is 0.349 e. The number of ether oxygens (including phenoxy) is 1. The van der Waals surface area contributed by atoms with Crippen molar-refractivity contribution in [2.24, 2.45) is 0 Å². The molecule has 1 heterocycles. The van der Waals surface area contributed by atoms with Crippen LogP contribution in [-0.2, 0) is 14.7 Å². The molecule has 3 rings (SSSR count). The monoisotopic (exact) mass is 305 g/mol. The highest BCUT2D eigenvalue weighted by molar-refractivity contribution is 6.10. The second-order valence-corrected chi connectivity index (χ2v) is 4.91. The molecule has 0 saturated heterocycles. The quantitative estimate of drug-likeness (QED) is 0.484. The summed E-state index contributed by atoms with van der Waals surface area (Å²) in [4.78, 5) is 12.2. The summed E-state index contributed by atoms with van der Waals surface area (Å²) in [5.74, 6) is -0.686. The van der Waals surface area contributed by atoms with Crippen molar-refractivity contribution in [1.29, 1.82) is 5.26 Å². The number of nitriles is 1. The highest BCUT2D eigenvalue weighted by Crippen LogP contribution is 2.45. The summed E-state index contributed by atoms with van der Waals surface area (Å²) in [5.41, 5.74) is 2.23. The summed E-state index contributed by atoms with van der Waals surface area (Å²) in [5, 5.41) is 22.9. The van der Waals surface area contributed by atoms with Crippen LogP contribution in [-0.4, -0.2) is 12.6 Å². The fourth-order valence-corrected chi connectivity index (χ4v) is 2.68. The van der Waals surface area contributed by atoms with E-state index in [1.54, 1.807) is 55.5 Å². The largest absolute Gasteiger partial charge is 0.462 e. The van der Waals surface area contributed by atoms with E-state index >= 15 is 0 Å². The summed E-state index contributed by atoms with van der Waals surface area (Å²) in [7, 11) is 0. The molecule has 2 aromatic carbocycles. The molecule has 0 unspecified atom stereocenters. The molecule has 5 nitrogen and oxygen atoms in total. The minimum absolute atomic E-state index is 0.0974. The van der Waals surface area contributed by atoms with Gasteiger partial charge in [0, 0.05) is 16.7 Å². The Hall–Kier alpha value is -3.10.